The van der Waals surface area contributed by atoms with Gasteiger partial charge >= 0.3 is 0 Å². The molecule has 18 heavy (non-hydrogen) atoms. The number of ether oxygens (including phenoxy) is 1. The van der Waals surface area contributed by atoms with Crippen molar-refractivity contribution in [2.24, 2.45) is 5.92 Å². The van der Waals surface area contributed by atoms with Crippen LogP contribution in [0.5, 0.6) is 0 Å². The largest absolute Gasteiger partial charge is 0.377 e. The standard InChI is InChI=1S/C12H24N2O3S/c15-18(16,10-12-5-1-2-7-17-12)14-9-11-4-3-6-13-8-11/h11-14H,1-10H2. The van der Waals surface area contributed by atoms with Crippen LogP contribution < -0.4 is 10.0 Å². The Bertz CT molecular complexity index is 333. The molecule has 2 fully saturated rings. The first-order chi connectivity index (χ1) is 8.66. The predicted molar refractivity (Wildman–Crippen MR) is 71.0 cm³/mol. The molecule has 2 unspecified atom stereocenters. The second kappa shape index (κ2) is 6.84. The summed E-state index contributed by atoms with van der Waals surface area (Å²) in [6, 6.07) is 0. The molecule has 2 atom stereocenters. The van der Waals surface area contributed by atoms with E-state index in [0.29, 0.717) is 19.1 Å². The van der Waals surface area contributed by atoms with Gasteiger partial charge in [-0.05, 0) is 51.1 Å². The Morgan fingerprint density at radius 2 is 2.11 bits per heavy atom. The van der Waals surface area contributed by atoms with Crippen molar-refractivity contribution in [3.05, 3.63) is 0 Å². The molecule has 0 spiro atoms. The highest BCUT2D eigenvalue weighted by atomic mass is 32.2. The molecule has 6 heteroatoms. The summed E-state index contributed by atoms with van der Waals surface area (Å²) in [5, 5.41) is 3.29. The Morgan fingerprint density at radius 1 is 1.22 bits per heavy atom. The molecule has 0 aromatic rings. The topological polar surface area (TPSA) is 67.4 Å². The average Bonchev–Trinajstić information content (AvgIpc) is 2.38. The lowest BCUT2D eigenvalue weighted by atomic mass is 10.0. The molecule has 2 rings (SSSR count). The van der Waals surface area contributed by atoms with Gasteiger partial charge in [0, 0.05) is 13.2 Å². The predicted octanol–water partition coefficient (Wildman–Crippen LogP) is 0.475. The molecule has 0 aromatic carbocycles. The summed E-state index contributed by atoms with van der Waals surface area (Å²) in [6.45, 7) is 3.23. The first-order valence-corrected chi connectivity index (χ1v) is 8.60. The van der Waals surface area contributed by atoms with Crippen molar-refractivity contribution in [1.82, 2.24) is 10.0 Å². The molecule has 0 bridgehead atoms. The third-order valence-corrected chi connectivity index (χ3v) is 5.09. The van der Waals surface area contributed by atoms with E-state index in [0.717, 1.165) is 45.2 Å². The fourth-order valence-electron chi connectivity index (χ4n) is 2.59. The molecule has 0 saturated carbocycles. The zero-order valence-electron chi connectivity index (χ0n) is 10.9. The zero-order valence-corrected chi connectivity index (χ0v) is 11.7. The van der Waals surface area contributed by atoms with Crippen LogP contribution in [0.15, 0.2) is 0 Å². The first-order valence-electron chi connectivity index (χ1n) is 6.95. The quantitative estimate of drug-likeness (QED) is 0.766. The SMILES string of the molecule is O=S(=O)(CC1CCCCO1)NCC1CCCNC1. The lowest BCUT2D eigenvalue weighted by Gasteiger charge is -2.25. The van der Waals surface area contributed by atoms with Crippen LogP contribution in [-0.4, -0.2) is 46.5 Å². The number of hydrogen-bond acceptors (Lipinski definition) is 4. The number of hydrogen-bond donors (Lipinski definition) is 2. The smallest absolute Gasteiger partial charge is 0.214 e. The molecule has 0 aliphatic carbocycles. The minimum absolute atomic E-state index is 0.110. The van der Waals surface area contributed by atoms with Gasteiger partial charge in [0.15, 0.2) is 0 Å². The molecule has 2 aliphatic heterocycles. The van der Waals surface area contributed by atoms with E-state index in [1.807, 2.05) is 0 Å². The summed E-state index contributed by atoms with van der Waals surface area (Å²) in [5.41, 5.74) is 0. The number of rotatable bonds is 5. The number of piperidine rings is 1. The maximum atomic E-state index is 11.9. The molecule has 0 amide bonds. The minimum Gasteiger partial charge on any atom is -0.377 e. The molecule has 2 saturated heterocycles. The third-order valence-electron chi connectivity index (χ3n) is 3.67. The van der Waals surface area contributed by atoms with Gasteiger partial charge in [-0.1, -0.05) is 0 Å². The van der Waals surface area contributed by atoms with Gasteiger partial charge in [0.2, 0.25) is 10.0 Å². The van der Waals surface area contributed by atoms with Crippen molar-refractivity contribution in [2.45, 2.75) is 38.2 Å². The van der Waals surface area contributed by atoms with Crippen LogP contribution in [0.2, 0.25) is 0 Å². The second-order valence-corrected chi connectivity index (χ2v) is 7.18. The maximum Gasteiger partial charge on any atom is 0.214 e. The Balaban J connectivity index is 1.72. The molecular formula is C12H24N2O3S. The highest BCUT2D eigenvalue weighted by Crippen LogP contribution is 2.14. The molecule has 2 heterocycles. The van der Waals surface area contributed by atoms with Gasteiger partial charge in [0.25, 0.3) is 0 Å². The summed E-state index contributed by atoms with van der Waals surface area (Å²) < 4.78 is 32.1. The maximum absolute atomic E-state index is 11.9. The molecule has 2 N–H and O–H groups in total. The van der Waals surface area contributed by atoms with E-state index in [2.05, 4.69) is 10.0 Å². The Morgan fingerprint density at radius 3 is 2.78 bits per heavy atom. The summed E-state index contributed by atoms with van der Waals surface area (Å²) in [5.74, 6) is 0.549. The molecule has 2 aliphatic rings. The fourth-order valence-corrected chi connectivity index (χ4v) is 3.95. The van der Waals surface area contributed by atoms with Gasteiger partial charge in [-0.3, -0.25) is 0 Å². The monoisotopic (exact) mass is 276 g/mol. The van der Waals surface area contributed by atoms with Crippen LogP contribution in [0, 0.1) is 5.92 Å². The van der Waals surface area contributed by atoms with Gasteiger partial charge in [0.1, 0.15) is 0 Å². The van der Waals surface area contributed by atoms with Crippen LogP contribution in [0.25, 0.3) is 0 Å². The Labute approximate surface area is 110 Å². The van der Waals surface area contributed by atoms with Crippen molar-refractivity contribution in [3.63, 3.8) is 0 Å². The molecule has 0 radical (unpaired) electrons. The van der Waals surface area contributed by atoms with Crippen LogP contribution in [0.3, 0.4) is 0 Å². The third kappa shape index (κ3) is 4.84. The van der Waals surface area contributed by atoms with Gasteiger partial charge < -0.3 is 10.1 Å². The summed E-state index contributed by atoms with van der Waals surface area (Å²) >= 11 is 0. The lowest BCUT2D eigenvalue weighted by molar-refractivity contribution is 0.0304. The first kappa shape index (κ1) is 14.2. The summed E-state index contributed by atoms with van der Waals surface area (Å²) in [6.07, 6.45) is 5.13. The van der Waals surface area contributed by atoms with Gasteiger partial charge in [-0.15, -0.1) is 0 Å². The van der Waals surface area contributed by atoms with E-state index in [1.165, 1.54) is 0 Å². The number of sulfonamides is 1. The van der Waals surface area contributed by atoms with Crippen molar-refractivity contribution < 1.29 is 13.2 Å². The molecule has 0 aromatic heterocycles. The summed E-state index contributed by atoms with van der Waals surface area (Å²) in [7, 11) is -3.18. The van der Waals surface area contributed by atoms with E-state index in [9.17, 15) is 8.42 Å². The summed E-state index contributed by atoms with van der Waals surface area (Å²) in [4.78, 5) is 0. The normalized spacial score (nSPS) is 30.2. The van der Waals surface area contributed by atoms with Crippen LogP contribution in [0.4, 0.5) is 0 Å². The van der Waals surface area contributed by atoms with Crippen molar-refractivity contribution in [2.75, 3.05) is 32.0 Å². The van der Waals surface area contributed by atoms with E-state index in [4.69, 9.17) is 4.74 Å². The van der Waals surface area contributed by atoms with Crippen molar-refractivity contribution in [1.29, 1.82) is 0 Å². The Kier molecular flexibility index (Phi) is 5.41. The zero-order chi connectivity index (χ0) is 12.8. The fraction of sp³-hybridized carbons (Fsp3) is 1.00. The van der Waals surface area contributed by atoms with Crippen molar-refractivity contribution >= 4 is 10.0 Å². The van der Waals surface area contributed by atoms with Crippen LogP contribution in [0.1, 0.15) is 32.1 Å². The van der Waals surface area contributed by atoms with E-state index in [-0.39, 0.29) is 11.9 Å². The second-order valence-electron chi connectivity index (χ2n) is 5.33. The van der Waals surface area contributed by atoms with Crippen LogP contribution in [-0.2, 0) is 14.8 Å². The van der Waals surface area contributed by atoms with E-state index >= 15 is 0 Å². The van der Waals surface area contributed by atoms with Gasteiger partial charge in [-0.25, -0.2) is 13.1 Å². The van der Waals surface area contributed by atoms with Crippen LogP contribution >= 0.6 is 0 Å². The highest BCUT2D eigenvalue weighted by molar-refractivity contribution is 7.89. The molecule has 5 nitrogen and oxygen atoms in total. The average molecular weight is 276 g/mol. The van der Waals surface area contributed by atoms with Gasteiger partial charge in [0.05, 0.1) is 11.9 Å². The number of nitrogens with one attached hydrogen (secondary N) is 2. The molecule has 106 valence electrons. The highest BCUT2D eigenvalue weighted by Gasteiger charge is 2.23. The van der Waals surface area contributed by atoms with Crippen molar-refractivity contribution in [3.8, 4) is 0 Å². The Hall–Kier alpha value is -0.170. The van der Waals surface area contributed by atoms with E-state index in [1.54, 1.807) is 0 Å². The van der Waals surface area contributed by atoms with E-state index < -0.39 is 10.0 Å². The minimum atomic E-state index is -3.18. The lowest BCUT2D eigenvalue weighted by Crippen LogP contribution is -2.41. The molecular weight excluding hydrogens is 252 g/mol. The van der Waals surface area contributed by atoms with Gasteiger partial charge in [-0.2, -0.15) is 0 Å².